The number of carbonyl (C=O) groups excluding carboxylic acids is 3. The number of aromatic nitrogens is 1. The molecule has 5 heterocycles. The molecule has 3 aliphatic heterocycles. The molecule has 13 heteroatoms. The van der Waals surface area contributed by atoms with Crippen LogP contribution in [0.15, 0.2) is 65.8 Å². The largest absolute Gasteiger partial charge is 0.385 e. The lowest BCUT2D eigenvalue weighted by Crippen LogP contribution is -2.52. The molecule has 0 radical (unpaired) electrons. The summed E-state index contributed by atoms with van der Waals surface area (Å²) < 4.78 is 0. The molecule has 7 rings (SSSR count). The van der Waals surface area contributed by atoms with Crippen molar-refractivity contribution >= 4 is 68.7 Å². The van der Waals surface area contributed by atoms with Gasteiger partial charge in [-0.05, 0) is 81.5 Å². The molecule has 1 atom stereocenters. The number of unbranched alkanes of at least 4 members (excludes halogenated alkanes) is 1. The Kier molecular flexibility index (Phi) is 10.2. The molecule has 1 unspecified atom stereocenters. The molecule has 4 N–H and O–H groups in total. The van der Waals surface area contributed by atoms with Crippen molar-refractivity contribution in [1.82, 2.24) is 15.2 Å². The fourth-order valence-corrected chi connectivity index (χ4v) is 8.23. The van der Waals surface area contributed by atoms with Crippen LogP contribution >= 0.6 is 22.9 Å². The van der Waals surface area contributed by atoms with E-state index in [0.29, 0.717) is 23.6 Å². The second-order valence-corrected chi connectivity index (χ2v) is 14.6. The van der Waals surface area contributed by atoms with Gasteiger partial charge in [-0.1, -0.05) is 41.6 Å². The lowest BCUT2D eigenvalue weighted by atomic mass is 9.99. The summed E-state index contributed by atoms with van der Waals surface area (Å²) in [7, 11) is 0. The van der Waals surface area contributed by atoms with Gasteiger partial charge in [-0.3, -0.25) is 45.4 Å². The summed E-state index contributed by atoms with van der Waals surface area (Å²) in [6.45, 7) is 4.90. The number of halogens is 1. The number of pyridine rings is 1. The van der Waals surface area contributed by atoms with E-state index < -0.39 is 11.9 Å². The van der Waals surface area contributed by atoms with Gasteiger partial charge in [0.05, 0.1) is 17.1 Å². The number of piperidine rings is 1. The van der Waals surface area contributed by atoms with E-state index in [1.165, 1.54) is 11.3 Å². The van der Waals surface area contributed by atoms with Crippen molar-refractivity contribution in [3.63, 3.8) is 0 Å². The van der Waals surface area contributed by atoms with Gasteiger partial charge in [-0.15, -0.1) is 11.3 Å². The van der Waals surface area contributed by atoms with Gasteiger partial charge >= 0.3 is 0 Å². The molecule has 1 fully saturated rings. The van der Waals surface area contributed by atoms with Gasteiger partial charge in [0.25, 0.3) is 5.91 Å². The third kappa shape index (κ3) is 7.36. The molecule has 4 aromatic rings. The molecule has 53 heavy (non-hydrogen) atoms. The molecular formula is C40H37ClN8O3S. The summed E-state index contributed by atoms with van der Waals surface area (Å²) in [4.78, 5) is 50.6. The maximum atomic E-state index is 13.1. The first-order valence-corrected chi connectivity index (χ1v) is 18.6. The number of nitrogens with zero attached hydrogens (tertiary/aromatic N) is 4. The smallest absolute Gasteiger partial charge is 0.255 e. The topological polar surface area (TPSA) is 155 Å². The summed E-state index contributed by atoms with van der Waals surface area (Å²) in [6, 6.07) is 16.4. The van der Waals surface area contributed by atoms with Crippen molar-refractivity contribution in [3.05, 3.63) is 110 Å². The summed E-state index contributed by atoms with van der Waals surface area (Å²) in [5.41, 5.74) is 7.59. The SMILES string of the molecule is CC(=N)N1C(=N)CN=C(c2ccc(Cl)cc2)c2c1sc(C#Cc1ccc(CCCCNc3cccc4c3CN(C3CCC(=O)NC3=O)C4=O)nc1)c2C. The van der Waals surface area contributed by atoms with Crippen molar-refractivity contribution in [2.75, 3.05) is 23.3 Å². The summed E-state index contributed by atoms with van der Waals surface area (Å²) in [5, 5.41) is 24.3. The summed E-state index contributed by atoms with van der Waals surface area (Å²) in [5.74, 6) is 6.17. The Labute approximate surface area is 316 Å². The van der Waals surface area contributed by atoms with E-state index in [0.717, 1.165) is 80.6 Å². The Bertz CT molecular complexity index is 2250. The number of amides is 3. The zero-order chi connectivity index (χ0) is 37.2. The highest BCUT2D eigenvalue weighted by Crippen LogP contribution is 2.39. The molecule has 2 aromatic heterocycles. The molecule has 0 saturated carbocycles. The second-order valence-electron chi connectivity index (χ2n) is 13.2. The minimum atomic E-state index is -0.636. The Morgan fingerprint density at radius 1 is 1.09 bits per heavy atom. The number of hydrogen-bond acceptors (Lipinski definition) is 9. The van der Waals surface area contributed by atoms with Crippen LogP contribution in [0.4, 0.5) is 10.7 Å². The first-order chi connectivity index (χ1) is 25.6. The third-order valence-corrected chi connectivity index (χ3v) is 11.0. The van der Waals surface area contributed by atoms with Crippen molar-refractivity contribution in [2.24, 2.45) is 4.99 Å². The van der Waals surface area contributed by atoms with E-state index in [9.17, 15) is 14.4 Å². The number of aliphatic imine (C=N–C) groups is 1. The zero-order valence-corrected chi connectivity index (χ0v) is 30.9. The minimum absolute atomic E-state index is 0.161. The number of imide groups is 1. The molecule has 268 valence electrons. The summed E-state index contributed by atoms with van der Waals surface area (Å²) in [6.07, 6.45) is 4.97. The normalized spacial score (nSPS) is 16.7. The fraction of sp³-hybridized carbons (Fsp3) is 0.275. The number of fused-ring (bicyclic) bond motifs is 2. The molecule has 1 saturated heterocycles. The summed E-state index contributed by atoms with van der Waals surface area (Å²) >= 11 is 7.62. The average Bonchev–Trinajstić information content (AvgIpc) is 3.58. The predicted molar refractivity (Wildman–Crippen MR) is 209 cm³/mol. The van der Waals surface area contributed by atoms with E-state index in [4.69, 9.17) is 27.4 Å². The lowest BCUT2D eigenvalue weighted by Gasteiger charge is -2.29. The first kappa shape index (κ1) is 35.7. The average molecular weight is 745 g/mol. The van der Waals surface area contributed by atoms with Gasteiger partial charge in [0.1, 0.15) is 22.7 Å². The Morgan fingerprint density at radius 3 is 2.64 bits per heavy atom. The number of anilines is 2. The highest BCUT2D eigenvalue weighted by molar-refractivity contribution is 7.17. The van der Waals surface area contributed by atoms with Crippen LogP contribution in [0.2, 0.25) is 5.02 Å². The van der Waals surface area contributed by atoms with Crippen LogP contribution in [0.25, 0.3) is 0 Å². The fourth-order valence-electron chi connectivity index (χ4n) is 6.86. The molecular weight excluding hydrogens is 708 g/mol. The molecule has 11 nitrogen and oxygen atoms in total. The van der Waals surface area contributed by atoms with Crippen LogP contribution < -0.4 is 15.5 Å². The zero-order valence-electron chi connectivity index (χ0n) is 29.3. The maximum absolute atomic E-state index is 13.1. The monoisotopic (exact) mass is 744 g/mol. The number of rotatable bonds is 8. The maximum Gasteiger partial charge on any atom is 0.255 e. The molecule has 2 aromatic carbocycles. The molecule has 0 spiro atoms. The van der Waals surface area contributed by atoms with Gasteiger partial charge in [0, 0.05) is 69.9 Å². The third-order valence-electron chi connectivity index (χ3n) is 9.58. The van der Waals surface area contributed by atoms with Crippen LogP contribution in [0.3, 0.4) is 0 Å². The van der Waals surface area contributed by atoms with E-state index in [2.05, 4.69) is 27.5 Å². The van der Waals surface area contributed by atoms with Gasteiger partial charge in [0.2, 0.25) is 11.8 Å². The second kappa shape index (κ2) is 15.1. The van der Waals surface area contributed by atoms with Gasteiger partial charge in [0.15, 0.2) is 0 Å². The Balaban J connectivity index is 0.970. The van der Waals surface area contributed by atoms with E-state index >= 15 is 0 Å². The molecule has 0 aliphatic carbocycles. The van der Waals surface area contributed by atoms with Crippen LogP contribution in [-0.4, -0.2) is 64.1 Å². The Hall–Kier alpha value is -5.64. The number of nitrogens with one attached hydrogen (secondary N) is 4. The number of thiophene rings is 1. The van der Waals surface area contributed by atoms with Crippen LogP contribution in [0.1, 0.15) is 81.4 Å². The number of benzene rings is 2. The van der Waals surface area contributed by atoms with Crippen molar-refractivity contribution in [3.8, 4) is 11.8 Å². The number of hydrogen-bond donors (Lipinski definition) is 4. The van der Waals surface area contributed by atoms with E-state index in [1.54, 1.807) is 29.0 Å². The predicted octanol–water partition coefficient (Wildman–Crippen LogP) is 6.33. The highest BCUT2D eigenvalue weighted by Gasteiger charge is 2.40. The lowest BCUT2D eigenvalue weighted by molar-refractivity contribution is -0.136. The standard InChI is InChI=1S/C40H37ClN8O3S/c1-23-33(53-40-36(23)37(26-11-13-27(41)14-12-26)46-21-34(43)49(40)24(2)42)17-10-25-9-15-28(45-20-25)6-3-4-19-44-31-8-5-7-29-30(31)22-48(39(29)52)32-16-18-35(50)47-38(32)51/h5,7-9,11-15,20,32,42-44H,3-4,6,16,18-19,21-22H2,1-2H3,(H,47,50,51). The van der Waals surface area contributed by atoms with E-state index in [1.807, 2.05) is 55.5 Å². The van der Waals surface area contributed by atoms with Crippen LogP contribution in [0.5, 0.6) is 0 Å². The van der Waals surface area contributed by atoms with Crippen molar-refractivity contribution in [2.45, 2.75) is 58.5 Å². The van der Waals surface area contributed by atoms with Crippen molar-refractivity contribution < 1.29 is 14.4 Å². The molecule has 0 bridgehead atoms. The minimum Gasteiger partial charge on any atom is -0.385 e. The van der Waals surface area contributed by atoms with Crippen molar-refractivity contribution in [1.29, 1.82) is 10.8 Å². The highest BCUT2D eigenvalue weighted by atomic mass is 35.5. The Morgan fingerprint density at radius 2 is 1.91 bits per heavy atom. The number of amidine groups is 2. The molecule has 3 amide bonds. The van der Waals surface area contributed by atoms with Gasteiger partial charge in [-0.25, -0.2) is 0 Å². The number of aryl methyl sites for hydroxylation is 1. The first-order valence-electron chi connectivity index (χ1n) is 17.4. The quantitative estimate of drug-likeness (QED) is 0.0544. The van der Waals surface area contributed by atoms with Gasteiger partial charge in [-0.2, -0.15) is 0 Å². The van der Waals surface area contributed by atoms with Crippen LogP contribution in [0, 0.1) is 29.6 Å². The molecule has 3 aliphatic rings. The van der Waals surface area contributed by atoms with Crippen LogP contribution in [-0.2, 0) is 22.6 Å². The number of carbonyl (C=O) groups is 3. The van der Waals surface area contributed by atoms with E-state index in [-0.39, 0.29) is 36.5 Å². The van der Waals surface area contributed by atoms with Gasteiger partial charge < -0.3 is 10.2 Å².